The van der Waals surface area contributed by atoms with Gasteiger partial charge in [0.05, 0.1) is 0 Å². The summed E-state index contributed by atoms with van der Waals surface area (Å²) in [5.74, 6) is 0.400. The number of nitrogens with zero attached hydrogens (tertiary/aromatic N) is 1. The number of carbonyl (C=O) groups is 1. The second kappa shape index (κ2) is 7.41. The Morgan fingerprint density at radius 3 is 2.62 bits per heavy atom. The highest BCUT2D eigenvalue weighted by molar-refractivity contribution is 9.10. The lowest BCUT2D eigenvalue weighted by atomic mass is 10.0. The standard InChI is InChI=1S/C17H25BrN2O/c1-12(2)17(21)20-8-6-15(7-9-20)19-11-14-4-5-16(18)13(3)10-14/h4-5,10,12,15,19H,6-9,11H2,1-3H3. The second-order valence-corrected chi connectivity index (χ2v) is 7.07. The average Bonchev–Trinajstić information content (AvgIpc) is 2.48. The molecule has 0 saturated carbocycles. The van der Waals surface area contributed by atoms with Crippen molar-refractivity contribution in [1.29, 1.82) is 0 Å². The SMILES string of the molecule is Cc1cc(CNC2CCN(C(=O)C(C)C)CC2)ccc1Br. The van der Waals surface area contributed by atoms with Gasteiger partial charge in [0, 0.05) is 36.1 Å². The fourth-order valence-corrected chi connectivity index (χ4v) is 2.99. The summed E-state index contributed by atoms with van der Waals surface area (Å²) in [7, 11) is 0. The average molecular weight is 353 g/mol. The minimum absolute atomic E-state index is 0.111. The zero-order valence-corrected chi connectivity index (χ0v) is 14.7. The van der Waals surface area contributed by atoms with Crippen LogP contribution in [0.5, 0.6) is 0 Å². The van der Waals surface area contributed by atoms with Gasteiger partial charge in [-0.05, 0) is 37.0 Å². The Balaban J connectivity index is 1.78. The van der Waals surface area contributed by atoms with Crippen LogP contribution in [-0.4, -0.2) is 29.9 Å². The summed E-state index contributed by atoms with van der Waals surface area (Å²) in [5, 5.41) is 3.62. The van der Waals surface area contributed by atoms with Crippen LogP contribution in [-0.2, 0) is 11.3 Å². The fourth-order valence-electron chi connectivity index (χ4n) is 2.75. The summed E-state index contributed by atoms with van der Waals surface area (Å²) >= 11 is 3.53. The first-order valence-corrected chi connectivity index (χ1v) is 8.54. The van der Waals surface area contributed by atoms with Gasteiger partial charge in [-0.25, -0.2) is 0 Å². The summed E-state index contributed by atoms with van der Waals surface area (Å²) in [4.78, 5) is 14.0. The Morgan fingerprint density at radius 1 is 1.38 bits per heavy atom. The molecule has 1 heterocycles. The van der Waals surface area contributed by atoms with Crippen molar-refractivity contribution in [2.75, 3.05) is 13.1 Å². The highest BCUT2D eigenvalue weighted by Crippen LogP contribution is 2.18. The van der Waals surface area contributed by atoms with Gasteiger partial charge in [-0.3, -0.25) is 4.79 Å². The summed E-state index contributed by atoms with van der Waals surface area (Å²) < 4.78 is 1.16. The molecular weight excluding hydrogens is 328 g/mol. The number of hydrogen-bond donors (Lipinski definition) is 1. The lowest BCUT2D eigenvalue weighted by Gasteiger charge is -2.33. The molecule has 1 N–H and O–H groups in total. The lowest BCUT2D eigenvalue weighted by Crippen LogP contribution is -2.45. The monoisotopic (exact) mass is 352 g/mol. The molecule has 0 aliphatic carbocycles. The van der Waals surface area contributed by atoms with Crippen molar-refractivity contribution >= 4 is 21.8 Å². The Morgan fingerprint density at radius 2 is 2.05 bits per heavy atom. The van der Waals surface area contributed by atoms with E-state index in [4.69, 9.17) is 0 Å². The summed E-state index contributed by atoms with van der Waals surface area (Å²) in [6.07, 6.45) is 2.10. The number of likely N-dealkylation sites (tertiary alicyclic amines) is 1. The van der Waals surface area contributed by atoms with Crippen LogP contribution in [0.4, 0.5) is 0 Å². The van der Waals surface area contributed by atoms with E-state index in [1.165, 1.54) is 11.1 Å². The Bertz CT molecular complexity index is 494. The van der Waals surface area contributed by atoms with E-state index in [2.05, 4.69) is 46.4 Å². The molecule has 2 rings (SSSR count). The Hall–Kier alpha value is -0.870. The molecule has 0 aromatic heterocycles. The number of benzene rings is 1. The number of rotatable bonds is 4. The number of hydrogen-bond acceptors (Lipinski definition) is 2. The molecule has 1 saturated heterocycles. The van der Waals surface area contributed by atoms with Crippen LogP contribution in [0.3, 0.4) is 0 Å². The third kappa shape index (κ3) is 4.55. The maximum absolute atomic E-state index is 12.0. The van der Waals surface area contributed by atoms with Gasteiger partial charge in [-0.15, -0.1) is 0 Å². The quantitative estimate of drug-likeness (QED) is 0.899. The van der Waals surface area contributed by atoms with Crippen LogP contribution in [0.2, 0.25) is 0 Å². The number of halogens is 1. The third-order valence-electron chi connectivity index (χ3n) is 4.12. The van der Waals surface area contributed by atoms with Crippen LogP contribution >= 0.6 is 15.9 Å². The van der Waals surface area contributed by atoms with E-state index in [0.717, 1.165) is 36.9 Å². The predicted octanol–water partition coefficient (Wildman–Crippen LogP) is 3.49. The Labute approximate surface area is 136 Å². The van der Waals surface area contributed by atoms with Crippen LogP contribution in [0.1, 0.15) is 37.8 Å². The van der Waals surface area contributed by atoms with Crippen LogP contribution in [0, 0.1) is 12.8 Å². The van der Waals surface area contributed by atoms with Crippen molar-refractivity contribution in [1.82, 2.24) is 10.2 Å². The first-order chi connectivity index (χ1) is 9.97. The van der Waals surface area contributed by atoms with E-state index in [0.29, 0.717) is 6.04 Å². The largest absolute Gasteiger partial charge is 0.342 e. The molecule has 1 fully saturated rings. The number of aryl methyl sites for hydroxylation is 1. The fraction of sp³-hybridized carbons (Fsp3) is 0.588. The van der Waals surface area contributed by atoms with Gasteiger partial charge in [-0.1, -0.05) is 41.9 Å². The van der Waals surface area contributed by atoms with Gasteiger partial charge in [0.2, 0.25) is 5.91 Å². The topological polar surface area (TPSA) is 32.3 Å². The molecular formula is C17H25BrN2O. The summed E-state index contributed by atoms with van der Waals surface area (Å²) in [5.41, 5.74) is 2.59. The molecule has 1 aromatic carbocycles. The maximum atomic E-state index is 12.0. The summed E-state index contributed by atoms with van der Waals surface area (Å²) in [6, 6.07) is 7.00. The number of nitrogens with one attached hydrogen (secondary N) is 1. The van der Waals surface area contributed by atoms with Crippen molar-refractivity contribution < 1.29 is 4.79 Å². The van der Waals surface area contributed by atoms with Crippen LogP contribution in [0.25, 0.3) is 0 Å². The number of carbonyl (C=O) groups excluding carboxylic acids is 1. The molecule has 1 aromatic rings. The normalized spacial score (nSPS) is 16.5. The Kier molecular flexibility index (Phi) is 5.82. The van der Waals surface area contributed by atoms with Crippen LogP contribution < -0.4 is 5.32 Å². The highest BCUT2D eigenvalue weighted by atomic mass is 79.9. The third-order valence-corrected chi connectivity index (χ3v) is 5.01. The van der Waals surface area contributed by atoms with E-state index in [1.807, 2.05) is 18.7 Å². The molecule has 0 radical (unpaired) electrons. The van der Waals surface area contributed by atoms with Gasteiger partial charge < -0.3 is 10.2 Å². The molecule has 4 heteroatoms. The predicted molar refractivity (Wildman–Crippen MR) is 90.2 cm³/mol. The van der Waals surface area contributed by atoms with Crippen molar-refractivity contribution in [2.45, 2.75) is 46.2 Å². The van der Waals surface area contributed by atoms with Gasteiger partial charge in [0.25, 0.3) is 0 Å². The van der Waals surface area contributed by atoms with E-state index in [1.54, 1.807) is 0 Å². The molecule has 0 spiro atoms. The van der Waals surface area contributed by atoms with E-state index in [-0.39, 0.29) is 11.8 Å². The zero-order chi connectivity index (χ0) is 15.4. The van der Waals surface area contributed by atoms with E-state index < -0.39 is 0 Å². The molecule has 0 bridgehead atoms. The van der Waals surface area contributed by atoms with Gasteiger partial charge in [0.1, 0.15) is 0 Å². The van der Waals surface area contributed by atoms with Gasteiger partial charge in [0.15, 0.2) is 0 Å². The lowest BCUT2D eigenvalue weighted by molar-refractivity contribution is -0.135. The molecule has 1 aliphatic heterocycles. The van der Waals surface area contributed by atoms with E-state index >= 15 is 0 Å². The number of amides is 1. The molecule has 0 atom stereocenters. The molecule has 1 aliphatic rings. The molecule has 1 amide bonds. The smallest absolute Gasteiger partial charge is 0.225 e. The first-order valence-electron chi connectivity index (χ1n) is 7.74. The molecule has 3 nitrogen and oxygen atoms in total. The van der Waals surface area contributed by atoms with Crippen molar-refractivity contribution in [3.63, 3.8) is 0 Å². The van der Waals surface area contributed by atoms with E-state index in [9.17, 15) is 4.79 Å². The van der Waals surface area contributed by atoms with Crippen molar-refractivity contribution in [3.05, 3.63) is 33.8 Å². The highest BCUT2D eigenvalue weighted by Gasteiger charge is 2.23. The molecule has 116 valence electrons. The second-order valence-electron chi connectivity index (χ2n) is 6.22. The molecule has 21 heavy (non-hydrogen) atoms. The van der Waals surface area contributed by atoms with Crippen molar-refractivity contribution in [3.8, 4) is 0 Å². The first kappa shape index (κ1) is 16.5. The van der Waals surface area contributed by atoms with Crippen LogP contribution in [0.15, 0.2) is 22.7 Å². The van der Waals surface area contributed by atoms with Crippen molar-refractivity contribution in [2.24, 2.45) is 5.92 Å². The maximum Gasteiger partial charge on any atom is 0.225 e. The zero-order valence-electron chi connectivity index (χ0n) is 13.2. The molecule has 0 unspecified atom stereocenters. The number of piperidine rings is 1. The van der Waals surface area contributed by atoms with Gasteiger partial charge >= 0.3 is 0 Å². The minimum atomic E-state index is 0.111. The minimum Gasteiger partial charge on any atom is -0.342 e. The summed E-state index contributed by atoms with van der Waals surface area (Å²) in [6.45, 7) is 8.73. The van der Waals surface area contributed by atoms with Gasteiger partial charge in [-0.2, -0.15) is 0 Å².